The van der Waals surface area contributed by atoms with Gasteiger partial charge in [0.15, 0.2) is 10.8 Å². The van der Waals surface area contributed by atoms with Crippen LogP contribution in [0.1, 0.15) is 11.4 Å². The summed E-state index contributed by atoms with van der Waals surface area (Å²) in [5.74, 6) is 1.66. The van der Waals surface area contributed by atoms with Crippen molar-refractivity contribution in [1.29, 1.82) is 0 Å². The fourth-order valence-corrected chi connectivity index (χ4v) is 2.08. The number of aromatic nitrogens is 4. The summed E-state index contributed by atoms with van der Waals surface area (Å²) in [4.78, 5) is 3.98. The highest BCUT2D eigenvalue weighted by Gasteiger charge is 2.09. The van der Waals surface area contributed by atoms with Crippen LogP contribution >= 0.6 is 11.6 Å². The Balaban J connectivity index is 1.94. The smallest absolute Gasteiger partial charge is 0.198 e. The minimum Gasteiger partial charge on any atom is -0.497 e. The molecule has 19 heavy (non-hydrogen) atoms. The third kappa shape index (κ3) is 2.24. The molecule has 0 aliphatic carbocycles. The number of hydrogen-bond acceptors (Lipinski definition) is 4. The number of benzene rings is 1. The Morgan fingerprint density at radius 1 is 1.21 bits per heavy atom. The van der Waals surface area contributed by atoms with Gasteiger partial charge < -0.3 is 4.74 Å². The van der Waals surface area contributed by atoms with Gasteiger partial charge in [-0.2, -0.15) is 0 Å². The third-order valence-corrected chi connectivity index (χ3v) is 3.14. The molecule has 3 rings (SSSR count). The number of ether oxygens (including phenoxy) is 1. The average molecular weight is 275 g/mol. The van der Waals surface area contributed by atoms with E-state index in [1.165, 1.54) is 0 Å². The summed E-state index contributed by atoms with van der Waals surface area (Å²) in [6, 6.07) is 7.85. The number of rotatable bonds is 3. The molecule has 0 unspecified atom stereocenters. The zero-order chi connectivity index (χ0) is 13.2. The van der Waals surface area contributed by atoms with Crippen LogP contribution in [0, 0.1) is 0 Å². The molecular formula is C13H11ClN4O. The molecule has 6 heteroatoms. The maximum absolute atomic E-state index is 5.96. The Bertz CT molecular complexity index is 708. The molecule has 0 spiro atoms. The molecule has 0 aliphatic rings. The molecule has 0 fully saturated rings. The van der Waals surface area contributed by atoms with Crippen LogP contribution in [-0.2, 0) is 6.42 Å². The van der Waals surface area contributed by atoms with Crippen molar-refractivity contribution in [2.75, 3.05) is 7.11 Å². The van der Waals surface area contributed by atoms with Gasteiger partial charge in [0.1, 0.15) is 11.6 Å². The molecule has 3 aromatic rings. The molecule has 0 N–H and O–H groups in total. The first-order chi connectivity index (χ1) is 9.28. The van der Waals surface area contributed by atoms with E-state index < -0.39 is 0 Å². The molecule has 5 nitrogen and oxygen atoms in total. The highest BCUT2D eigenvalue weighted by molar-refractivity contribution is 6.32. The van der Waals surface area contributed by atoms with Gasteiger partial charge in [-0.25, -0.2) is 4.98 Å². The van der Waals surface area contributed by atoms with Gasteiger partial charge in [-0.1, -0.05) is 23.7 Å². The van der Waals surface area contributed by atoms with Gasteiger partial charge in [0, 0.05) is 18.8 Å². The van der Waals surface area contributed by atoms with E-state index in [0.29, 0.717) is 17.2 Å². The second-order valence-corrected chi connectivity index (χ2v) is 4.41. The first-order valence-electron chi connectivity index (χ1n) is 5.75. The maximum atomic E-state index is 5.96. The molecule has 96 valence electrons. The largest absolute Gasteiger partial charge is 0.497 e. The summed E-state index contributed by atoms with van der Waals surface area (Å²) in [5, 5.41) is 8.55. The van der Waals surface area contributed by atoms with Crippen LogP contribution in [0.2, 0.25) is 5.15 Å². The zero-order valence-electron chi connectivity index (χ0n) is 10.2. The molecule has 1 aromatic carbocycles. The summed E-state index contributed by atoms with van der Waals surface area (Å²) in [6.45, 7) is 0. The van der Waals surface area contributed by atoms with Crippen molar-refractivity contribution in [3.05, 3.63) is 53.2 Å². The van der Waals surface area contributed by atoms with Crippen molar-refractivity contribution < 1.29 is 4.74 Å². The van der Waals surface area contributed by atoms with E-state index >= 15 is 0 Å². The summed E-state index contributed by atoms with van der Waals surface area (Å²) < 4.78 is 6.98. The molecule has 2 heterocycles. The molecule has 0 amide bonds. The van der Waals surface area contributed by atoms with Gasteiger partial charge in [0.05, 0.1) is 7.11 Å². The van der Waals surface area contributed by atoms with Crippen molar-refractivity contribution in [2.24, 2.45) is 0 Å². The van der Waals surface area contributed by atoms with Crippen molar-refractivity contribution in [3.63, 3.8) is 0 Å². The van der Waals surface area contributed by atoms with Gasteiger partial charge in [0.25, 0.3) is 0 Å². The fraction of sp³-hybridized carbons (Fsp3) is 0.154. The highest BCUT2D eigenvalue weighted by atomic mass is 35.5. The van der Waals surface area contributed by atoms with Crippen LogP contribution < -0.4 is 4.74 Å². The normalized spacial score (nSPS) is 10.8. The van der Waals surface area contributed by atoms with Crippen LogP contribution in [-0.4, -0.2) is 26.7 Å². The quantitative estimate of drug-likeness (QED) is 0.736. The zero-order valence-corrected chi connectivity index (χ0v) is 11.0. The lowest BCUT2D eigenvalue weighted by Crippen LogP contribution is -1.97. The van der Waals surface area contributed by atoms with Gasteiger partial charge in [-0.05, 0) is 17.7 Å². The summed E-state index contributed by atoms with van der Waals surface area (Å²) in [6.07, 6.45) is 4.11. The standard InChI is InChI=1S/C13H11ClN4O/c1-19-10-4-2-9(3-5-10)8-11-16-17-13-12(14)15-6-7-18(11)13/h2-7H,8H2,1H3. The predicted octanol–water partition coefficient (Wildman–Crippen LogP) is 2.38. The van der Waals surface area contributed by atoms with Gasteiger partial charge in [0.2, 0.25) is 0 Å². The minimum atomic E-state index is 0.357. The van der Waals surface area contributed by atoms with Crippen LogP contribution in [0.25, 0.3) is 5.65 Å². The van der Waals surface area contributed by atoms with Crippen LogP contribution in [0.3, 0.4) is 0 Å². The highest BCUT2D eigenvalue weighted by Crippen LogP contribution is 2.16. The Labute approximate surface area is 114 Å². The lowest BCUT2D eigenvalue weighted by Gasteiger charge is -2.03. The summed E-state index contributed by atoms with van der Waals surface area (Å²) in [7, 11) is 1.65. The molecule has 0 aliphatic heterocycles. The lowest BCUT2D eigenvalue weighted by molar-refractivity contribution is 0.414. The van der Waals surface area contributed by atoms with E-state index in [2.05, 4.69) is 15.2 Å². The van der Waals surface area contributed by atoms with Crippen molar-refractivity contribution >= 4 is 17.2 Å². The minimum absolute atomic E-state index is 0.357. The van der Waals surface area contributed by atoms with Crippen LogP contribution in [0.4, 0.5) is 0 Å². The molecule has 2 aromatic heterocycles. The molecule has 0 atom stereocenters. The van der Waals surface area contributed by atoms with E-state index in [1.54, 1.807) is 19.5 Å². The topological polar surface area (TPSA) is 52.3 Å². The second kappa shape index (κ2) is 4.85. The summed E-state index contributed by atoms with van der Waals surface area (Å²) in [5.41, 5.74) is 1.70. The SMILES string of the molecule is COc1ccc(Cc2nnc3c(Cl)nccn23)cc1. The fourth-order valence-electron chi connectivity index (χ4n) is 1.89. The number of methoxy groups -OCH3 is 1. The Kier molecular flexibility index (Phi) is 3.05. The molecule has 0 bridgehead atoms. The summed E-state index contributed by atoms with van der Waals surface area (Å²) >= 11 is 5.96. The number of hydrogen-bond donors (Lipinski definition) is 0. The monoisotopic (exact) mass is 274 g/mol. The van der Waals surface area contributed by atoms with E-state index in [-0.39, 0.29) is 0 Å². The molecule has 0 saturated carbocycles. The Morgan fingerprint density at radius 3 is 2.74 bits per heavy atom. The Hall–Kier alpha value is -2.14. The number of halogens is 1. The van der Waals surface area contributed by atoms with Gasteiger partial charge >= 0.3 is 0 Å². The van der Waals surface area contributed by atoms with Crippen molar-refractivity contribution in [1.82, 2.24) is 19.6 Å². The first-order valence-corrected chi connectivity index (χ1v) is 6.13. The molecule has 0 radical (unpaired) electrons. The lowest BCUT2D eigenvalue weighted by atomic mass is 10.1. The number of fused-ring (bicyclic) bond motifs is 1. The van der Waals surface area contributed by atoms with E-state index in [9.17, 15) is 0 Å². The van der Waals surface area contributed by atoms with Gasteiger partial charge in [-0.3, -0.25) is 4.40 Å². The second-order valence-electron chi connectivity index (χ2n) is 4.05. The van der Waals surface area contributed by atoms with E-state index in [1.807, 2.05) is 28.7 Å². The van der Waals surface area contributed by atoms with Crippen LogP contribution in [0.5, 0.6) is 5.75 Å². The third-order valence-electron chi connectivity index (χ3n) is 2.88. The molecular weight excluding hydrogens is 264 g/mol. The van der Waals surface area contributed by atoms with Crippen molar-refractivity contribution in [3.8, 4) is 5.75 Å². The van der Waals surface area contributed by atoms with E-state index in [0.717, 1.165) is 17.1 Å². The average Bonchev–Trinajstić information content (AvgIpc) is 2.84. The predicted molar refractivity (Wildman–Crippen MR) is 71.6 cm³/mol. The van der Waals surface area contributed by atoms with E-state index in [4.69, 9.17) is 16.3 Å². The van der Waals surface area contributed by atoms with Gasteiger partial charge in [-0.15, -0.1) is 10.2 Å². The number of nitrogens with zero attached hydrogens (tertiary/aromatic N) is 4. The first kappa shape index (κ1) is 11.9. The maximum Gasteiger partial charge on any atom is 0.198 e. The molecule has 0 saturated heterocycles. The van der Waals surface area contributed by atoms with Crippen molar-refractivity contribution in [2.45, 2.75) is 6.42 Å². The van der Waals surface area contributed by atoms with Crippen LogP contribution in [0.15, 0.2) is 36.7 Å². The Morgan fingerprint density at radius 2 is 2.00 bits per heavy atom.